The molecule has 0 fully saturated rings. The lowest BCUT2D eigenvalue weighted by atomic mass is 10.2. The molecule has 1 aromatic carbocycles. The van der Waals surface area contributed by atoms with Crippen LogP contribution in [0.2, 0.25) is 0 Å². The summed E-state index contributed by atoms with van der Waals surface area (Å²) in [6.07, 6.45) is 1.47. The van der Waals surface area contributed by atoms with Gasteiger partial charge in [-0.25, -0.2) is 9.97 Å². The molecule has 0 spiro atoms. The number of benzene rings is 1. The molecule has 0 aliphatic rings. The number of hydrogen-bond donors (Lipinski definition) is 1. The summed E-state index contributed by atoms with van der Waals surface area (Å²) in [4.78, 5) is 7.99. The van der Waals surface area contributed by atoms with E-state index in [0.29, 0.717) is 11.4 Å². The average molecular weight is 275 g/mol. The van der Waals surface area contributed by atoms with Crippen LogP contribution < -0.4 is 5.32 Å². The Morgan fingerprint density at radius 3 is 2.56 bits per heavy atom. The van der Waals surface area contributed by atoms with Crippen molar-refractivity contribution in [2.45, 2.75) is 0 Å². The van der Waals surface area contributed by atoms with Crippen LogP contribution in [0.4, 0.5) is 11.5 Å². The number of halogens is 1. The highest BCUT2D eigenvalue weighted by molar-refractivity contribution is 9.10. The molecule has 4 nitrogen and oxygen atoms in total. The van der Waals surface area contributed by atoms with Gasteiger partial charge in [-0.15, -0.1) is 0 Å². The van der Waals surface area contributed by atoms with Crippen LogP contribution in [0.5, 0.6) is 0 Å². The molecule has 0 aliphatic heterocycles. The Bertz CT molecular complexity index is 530. The number of hydrogen-bond acceptors (Lipinski definition) is 4. The number of nitriles is 1. The molecule has 0 amide bonds. The first-order valence-electron chi connectivity index (χ1n) is 4.52. The first-order chi connectivity index (χ1) is 7.78. The summed E-state index contributed by atoms with van der Waals surface area (Å²) < 4.78 is 0.721. The van der Waals surface area contributed by atoms with Crippen molar-refractivity contribution in [1.82, 2.24) is 9.97 Å². The van der Waals surface area contributed by atoms with Crippen molar-refractivity contribution in [3.63, 3.8) is 0 Å². The molecule has 0 saturated heterocycles. The molecule has 1 N–H and O–H groups in total. The van der Waals surface area contributed by atoms with Crippen molar-refractivity contribution in [2.75, 3.05) is 5.32 Å². The topological polar surface area (TPSA) is 61.6 Å². The largest absolute Gasteiger partial charge is 0.340 e. The van der Waals surface area contributed by atoms with Gasteiger partial charge in [0.1, 0.15) is 16.7 Å². The number of nitrogens with one attached hydrogen (secondary N) is 1. The molecule has 0 unspecified atom stereocenters. The highest BCUT2D eigenvalue weighted by atomic mass is 79.9. The third kappa shape index (κ3) is 2.55. The second-order valence-electron chi connectivity index (χ2n) is 3.04. The van der Waals surface area contributed by atoms with Gasteiger partial charge in [0.2, 0.25) is 0 Å². The monoisotopic (exact) mass is 274 g/mol. The van der Waals surface area contributed by atoms with Crippen LogP contribution in [0.3, 0.4) is 0 Å². The van der Waals surface area contributed by atoms with Gasteiger partial charge in [-0.2, -0.15) is 5.26 Å². The van der Waals surface area contributed by atoms with Gasteiger partial charge in [0.15, 0.2) is 0 Å². The normalized spacial score (nSPS) is 9.50. The molecule has 16 heavy (non-hydrogen) atoms. The van der Waals surface area contributed by atoms with Gasteiger partial charge in [0.05, 0.1) is 11.6 Å². The molecule has 78 valence electrons. The van der Waals surface area contributed by atoms with Crippen molar-refractivity contribution in [1.29, 1.82) is 5.26 Å². The fourth-order valence-electron chi connectivity index (χ4n) is 1.18. The first kappa shape index (κ1) is 10.6. The SMILES string of the molecule is N#Cc1ccc(Nc2cc(Br)ncn2)cc1. The van der Waals surface area contributed by atoms with Gasteiger partial charge in [-0.05, 0) is 40.2 Å². The molecule has 2 rings (SSSR count). The third-order valence-corrected chi connectivity index (χ3v) is 2.35. The third-order valence-electron chi connectivity index (χ3n) is 1.92. The molecule has 1 aromatic heterocycles. The Kier molecular flexibility index (Phi) is 3.13. The van der Waals surface area contributed by atoms with Crippen LogP contribution in [0.15, 0.2) is 41.3 Å². The minimum absolute atomic E-state index is 0.634. The summed E-state index contributed by atoms with van der Waals surface area (Å²) in [6.45, 7) is 0. The number of rotatable bonds is 2. The maximum atomic E-state index is 8.66. The average Bonchev–Trinajstić information content (AvgIpc) is 2.30. The molecule has 0 bridgehead atoms. The minimum atomic E-state index is 0.634. The molecule has 1 heterocycles. The van der Waals surface area contributed by atoms with E-state index in [2.05, 4.69) is 37.3 Å². The predicted molar refractivity (Wildman–Crippen MR) is 64.2 cm³/mol. The van der Waals surface area contributed by atoms with E-state index in [4.69, 9.17) is 5.26 Å². The van der Waals surface area contributed by atoms with Crippen LogP contribution >= 0.6 is 15.9 Å². The fourth-order valence-corrected chi connectivity index (χ4v) is 1.49. The van der Waals surface area contributed by atoms with Gasteiger partial charge < -0.3 is 5.32 Å². The maximum Gasteiger partial charge on any atom is 0.134 e. The molecule has 2 aromatic rings. The quantitative estimate of drug-likeness (QED) is 0.856. The Hall–Kier alpha value is -1.93. The van der Waals surface area contributed by atoms with Crippen LogP contribution in [0.25, 0.3) is 0 Å². The molecule has 0 saturated carbocycles. The van der Waals surface area contributed by atoms with E-state index in [1.54, 1.807) is 18.2 Å². The summed E-state index contributed by atoms with van der Waals surface area (Å²) in [5.41, 5.74) is 1.51. The number of anilines is 2. The van der Waals surface area contributed by atoms with Crippen LogP contribution in [0, 0.1) is 11.3 Å². The number of aromatic nitrogens is 2. The zero-order chi connectivity index (χ0) is 11.4. The zero-order valence-electron chi connectivity index (χ0n) is 8.18. The van der Waals surface area contributed by atoms with Crippen LogP contribution in [-0.4, -0.2) is 9.97 Å². The summed E-state index contributed by atoms with van der Waals surface area (Å²) in [5.74, 6) is 0.701. The molecule has 5 heteroatoms. The standard InChI is InChI=1S/C11H7BrN4/c12-10-5-11(15-7-14-10)16-9-3-1-8(6-13)2-4-9/h1-5,7H,(H,14,15,16). The van der Waals surface area contributed by atoms with E-state index >= 15 is 0 Å². The molecular formula is C11H7BrN4. The van der Waals surface area contributed by atoms with Crippen molar-refractivity contribution < 1.29 is 0 Å². The summed E-state index contributed by atoms with van der Waals surface area (Å²) in [5, 5.41) is 11.8. The van der Waals surface area contributed by atoms with Gasteiger partial charge in [-0.1, -0.05) is 0 Å². The van der Waals surface area contributed by atoms with Crippen molar-refractivity contribution in [3.05, 3.63) is 46.8 Å². The molecule has 0 atom stereocenters. The van der Waals surface area contributed by atoms with Crippen molar-refractivity contribution in [2.24, 2.45) is 0 Å². The Morgan fingerprint density at radius 2 is 1.94 bits per heavy atom. The summed E-state index contributed by atoms with van der Waals surface area (Å²) in [6, 6.07) is 11.0. The molecule has 0 aliphatic carbocycles. The maximum absolute atomic E-state index is 8.66. The van der Waals surface area contributed by atoms with E-state index < -0.39 is 0 Å². The van der Waals surface area contributed by atoms with E-state index in [-0.39, 0.29) is 0 Å². The lowest BCUT2D eigenvalue weighted by molar-refractivity contribution is 1.14. The first-order valence-corrected chi connectivity index (χ1v) is 5.32. The van der Waals surface area contributed by atoms with Gasteiger partial charge in [-0.3, -0.25) is 0 Å². The summed E-state index contributed by atoms with van der Waals surface area (Å²) in [7, 11) is 0. The van der Waals surface area contributed by atoms with Gasteiger partial charge in [0.25, 0.3) is 0 Å². The van der Waals surface area contributed by atoms with Crippen molar-refractivity contribution in [3.8, 4) is 6.07 Å². The van der Waals surface area contributed by atoms with Crippen molar-refractivity contribution >= 4 is 27.4 Å². The fraction of sp³-hybridized carbons (Fsp3) is 0. The summed E-state index contributed by atoms with van der Waals surface area (Å²) >= 11 is 3.26. The Balaban J connectivity index is 2.18. The van der Waals surface area contributed by atoms with E-state index in [1.165, 1.54) is 6.33 Å². The second kappa shape index (κ2) is 4.73. The highest BCUT2D eigenvalue weighted by Gasteiger charge is 1.97. The lowest BCUT2D eigenvalue weighted by Crippen LogP contribution is -1.94. The van der Waals surface area contributed by atoms with Gasteiger partial charge >= 0.3 is 0 Å². The smallest absolute Gasteiger partial charge is 0.134 e. The molecular weight excluding hydrogens is 268 g/mol. The van der Waals surface area contributed by atoms with Crippen LogP contribution in [-0.2, 0) is 0 Å². The highest BCUT2D eigenvalue weighted by Crippen LogP contribution is 2.16. The predicted octanol–water partition coefficient (Wildman–Crippen LogP) is 2.85. The minimum Gasteiger partial charge on any atom is -0.340 e. The molecule has 0 radical (unpaired) electrons. The van der Waals surface area contributed by atoms with E-state index in [0.717, 1.165) is 10.3 Å². The van der Waals surface area contributed by atoms with Gasteiger partial charge in [0, 0.05) is 11.8 Å². The van der Waals surface area contributed by atoms with E-state index in [9.17, 15) is 0 Å². The second-order valence-corrected chi connectivity index (χ2v) is 3.85. The van der Waals surface area contributed by atoms with Crippen LogP contribution in [0.1, 0.15) is 5.56 Å². The Labute approximate surface area is 101 Å². The van der Waals surface area contributed by atoms with E-state index in [1.807, 2.05) is 12.1 Å². The lowest BCUT2D eigenvalue weighted by Gasteiger charge is -2.04. The Morgan fingerprint density at radius 1 is 1.19 bits per heavy atom. The zero-order valence-corrected chi connectivity index (χ0v) is 9.77. The number of nitrogens with zero attached hydrogens (tertiary/aromatic N) is 3.